The molecule has 2 N–H and O–H groups in total. The van der Waals surface area contributed by atoms with Crippen LogP contribution in [0.2, 0.25) is 0 Å². The van der Waals surface area contributed by atoms with E-state index in [2.05, 4.69) is 10.6 Å². The van der Waals surface area contributed by atoms with Gasteiger partial charge in [0.15, 0.2) is 15.6 Å². The molecule has 0 saturated carbocycles. The molecule has 1 aromatic carbocycles. The molecule has 2 aromatic rings. The number of benzene rings is 1. The maximum Gasteiger partial charge on any atom is 0.287 e. The number of piperidine rings is 1. The number of nitrogens with one attached hydrogen (secondary N) is 2. The molecule has 128 valence electrons. The van der Waals surface area contributed by atoms with Gasteiger partial charge >= 0.3 is 0 Å². The van der Waals surface area contributed by atoms with E-state index in [9.17, 15) is 13.2 Å². The van der Waals surface area contributed by atoms with Crippen LogP contribution in [-0.4, -0.2) is 33.5 Å². The van der Waals surface area contributed by atoms with Gasteiger partial charge in [0.2, 0.25) is 0 Å². The number of carbonyl (C=O) groups excluding carboxylic acids is 1. The van der Waals surface area contributed by atoms with Crippen LogP contribution in [0.1, 0.15) is 29.2 Å². The van der Waals surface area contributed by atoms with Crippen molar-refractivity contribution in [1.82, 2.24) is 10.6 Å². The summed E-state index contributed by atoms with van der Waals surface area (Å²) in [6.07, 6.45) is 1.75. The second-order valence-corrected chi connectivity index (χ2v) is 7.83. The standard InChI is InChI=1S/C17H20N2O4S/c20-17(19-13-8-10-18-11-9-13)16-7-6-14(23-16)12-24(21,22)15-4-2-1-3-5-15/h1-7,13,18H,8-12H2,(H,19,20). The molecule has 24 heavy (non-hydrogen) atoms. The first-order valence-electron chi connectivity index (χ1n) is 7.93. The van der Waals surface area contributed by atoms with Crippen molar-refractivity contribution in [2.24, 2.45) is 0 Å². The Balaban J connectivity index is 1.66. The number of carbonyl (C=O) groups is 1. The predicted octanol–water partition coefficient (Wildman–Crippen LogP) is 1.74. The van der Waals surface area contributed by atoms with Gasteiger partial charge in [0.25, 0.3) is 5.91 Å². The van der Waals surface area contributed by atoms with E-state index < -0.39 is 9.84 Å². The third kappa shape index (κ3) is 4.04. The zero-order valence-electron chi connectivity index (χ0n) is 13.2. The van der Waals surface area contributed by atoms with Crippen molar-refractivity contribution in [3.05, 3.63) is 54.0 Å². The van der Waals surface area contributed by atoms with Crippen molar-refractivity contribution in [3.8, 4) is 0 Å². The first-order valence-corrected chi connectivity index (χ1v) is 9.58. The average molecular weight is 348 g/mol. The van der Waals surface area contributed by atoms with E-state index in [1.807, 2.05) is 0 Å². The van der Waals surface area contributed by atoms with Gasteiger partial charge in [-0.15, -0.1) is 0 Å². The fourth-order valence-corrected chi connectivity index (χ4v) is 3.97. The summed E-state index contributed by atoms with van der Waals surface area (Å²) in [7, 11) is -3.49. The van der Waals surface area contributed by atoms with Crippen LogP contribution in [0, 0.1) is 0 Å². The number of hydrogen-bond acceptors (Lipinski definition) is 5. The fourth-order valence-electron chi connectivity index (χ4n) is 2.70. The van der Waals surface area contributed by atoms with Crippen molar-refractivity contribution in [2.45, 2.75) is 29.5 Å². The minimum atomic E-state index is -3.49. The Labute approximate surface area is 141 Å². The quantitative estimate of drug-likeness (QED) is 0.859. The van der Waals surface area contributed by atoms with E-state index in [1.54, 1.807) is 30.3 Å². The Kier molecular flexibility index (Phi) is 5.01. The lowest BCUT2D eigenvalue weighted by Gasteiger charge is -2.23. The van der Waals surface area contributed by atoms with Crippen LogP contribution in [0.4, 0.5) is 0 Å². The van der Waals surface area contributed by atoms with Gasteiger partial charge < -0.3 is 15.1 Å². The lowest BCUT2D eigenvalue weighted by atomic mass is 10.1. The van der Waals surface area contributed by atoms with Gasteiger partial charge in [-0.1, -0.05) is 18.2 Å². The summed E-state index contributed by atoms with van der Waals surface area (Å²) in [5, 5.41) is 6.15. The van der Waals surface area contributed by atoms with E-state index in [0.717, 1.165) is 25.9 Å². The van der Waals surface area contributed by atoms with Gasteiger partial charge in [0.1, 0.15) is 11.5 Å². The molecule has 1 aromatic heterocycles. The minimum absolute atomic E-state index is 0.125. The number of sulfone groups is 1. The Morgan fingerprint density at radius 1 is 1.12 bits per heavy atom. The molecule has 6 nitrogen and oxygen atoms in total. The van der Waals surface area contributed by atoms with Crippen molar-refractivity contribution in [3.63, 3.8) is 0 Å². The zero-order valence-corrected chi connectivity index (χ0v) is 14.0. The largest absolute Gasteiger partial charge is 0.455 e. The maximum absolute atomic E-state index is 12.3. The van der Waals surface area contributed by atoms with E-state index in [1.165, 1.54) is 12.1 Å². The second kappa shape index (κ2) is 7.19. The molecule has 1 aliphatic rings. The molecule has 3 rings (SSSR count). The highest BCUT2D eigenvalue weighted by molar-refractivity contribution is 7.90. The summed E-state index contributed by atoms with van der Waals surface area (Å²) < 4.78 is 30.1. The predicted molar refractivity (Wildman–Crippen MR) is 89.4 cm³/mol. The van der Waals surface area contributed by atoms with E-state index in [-0.39, 0.29) is 34.1 Å². The lowest BCUT2D eigenvalue weighted by Crippen LogP contribution is -2.42. The van der Waals surface area contributed by atoms with Gasteiger partial charge in [-0.3, -0.25) is 4.79 Å². The molecule has 1 amide bonds. The Morgan fingerprint density at radius 3 is 2.54 bits per heavy atom. The molecule has 1 aliphatic heterocycles. The number of furan rings is 1. The second-order valence-electron chi connectivity index (χ2n) is 5.84. The number of amides is 1. The highest BCUT2D eigenvalue weighted by atomic mass is 32.2. The first-order chi connectivity index (χ1) is 11.5. The van der Waals surface area contributed by atoms with Crippen LogP contribution in [0.3, 0.4) is 0 Å². The van der Waals surface area contributed by atoms with Crippen LogP contribution in [0.15, 0.2) is 51.8 Å². The normalized spacial score (nSPS) is 16.0. The molecule has 0 spiro atoms. The molecular formula is C17H20N2O4S. The van der Waals surface area contributed by atoms with Crippen LogP contribution >= 0.6 is 0 Å². The van der Waals surface area contributed by atoms with Gasteiger partial charge in [-0.25, -0.2) is 8.42 Å². The summed E-state index contributed by atoms with van der Waals surface area (Å²) in [5.74, 6) is -0.163. The lowest BCUT2D eigenvalue weighted by molar-refractivity contribution is 0.0900. The topological polar surface area (TPSA) is 88.4 Å². The van der Waals surface area contributed by atoms with Crippen molar-refractivity contribution in [1.29, 1.82) is 0 Å². The van der Waals surface area contributed by atoms with Gasteiger partial charge in [-0.05, 0) is 50.2 Å². The Hall–Kier alpha value is -2.12. The number of hydrogen-bond donors (Lipinski definition) is 2. The molecule has 1 saturated heterocycles. The van der Waals surface area contributed by atoms with Crippen molar-refractivity contribution in [2.75, 3.05) is 13.1 Å². The highest BCUT2D eigenvalue weighted by Gasteiger charge is 2.21. The van der Waals surface area contributed by atoms with Gasteiger partial charge in [0, 0.05) is 6.04 Å². The van der Waals surface area contributed by atoms with E-state index in [0.29, 0.717) is 0 Å². The summed E-state index contributed by atoms with van der Waals surface area (Å²) >= 11 is 0. The van der Waals surface area contributed by atoms with Crippen LogP contribution in [-0.2, 0) is 15.6 Å². The monoisotopic (exact) mass is 348 g/mol. The Bertz CT molecular complexity index is 793. The Morgan fingerprint density at radius 2 is 1.83 bits per heavy atom. The van der Waals surface area contributed by atoms with Crippen LogP contribution in [0.25, 0.3) is 0 Å². The maximum atomic E-state index is 12.3. The van der Waals surface area contributed by atoms with Gasteiger partial charge in [-0.2, -0.15) is 0 Å². The first kappa shape index (κ1) is 16.7. The minimum Gasteiger partial charge on any atom is -0.455 e. The molecule has 0 radical (unpaired) electrons. The van der Waals surface area contributed by atoms with Crippen molar-refractivity contribution >= 4 is 15.7 Å². The summed E-state index contributed by atoms with van der Waals surface area (Å²) in [4.78, 5) is 12.4. The average Bonchev–Trinajstić information content (AvgIpc) is 3.04. The molecule has 7 heteroatoms. The summed E-state index contributed by atoms with van der Waals surface area (Å²) in [6, 6.07) is 11.4. The van der Waals surface area contributed by atoms with E-state index >= 15 is 0 Å². The molecule has 0 bridgehead atoms. The molecule has 0 aliphatic carbocycles. The van der Waals surface area contributed by atoms with Crippen LogP contribution in [0.5, 0.6) is 0 Å². The third-order valence-corrected chi connectivity index (χ3v) is 5.65. The molecule has 0 atom stereocenters. The smallest absolute Gasteiger partial charge is 0.287 e. The van der Waals surface area contributed by atoms with E-state index in [4.69, 9.17) is 4.42 Å². The zero-order chi connectivity index (χ0) is 17.0. The highest BCUT2D eigenvalue weighted by Crippen LogP contribution is 2.18. The summed E-state index contributed by atoms with van der Waals surface area (Å²) in [6.45, 7) is 1.76. The van der Waals surface area contributed by atoms with Crippen molar-refractivity contribution < 1.29 is 17.6 Å². The number of rotatable bonds is 5. The molecule has 2 heterocycles. The molecule has 1 fully saturated rings. The van der Waals surface area contributed by atoms with Gasteiger partial charge in [0.05, 0.1) is 4.90 Å². The SMILES string of the molecule is O=C(NC1CCNCC1)c1ccc(CS(=O)(=O)c2ccccc2)o1. The fraction of sp³-hybridized carbons (Fsp3) is 0.353. The molecular weight excluding hydrogens is 328 g/mol. The van der Waals surface area contributed by atoms with Crippen LogP contribution < -0.4 is 10.6 Å². The third-order valence-electron chi connectivity index (χ3n) is 3.99. The summed E-state index contributed by atoms with van der Waals surface area (Å²) in [5.41, 5.74) is 0. The molecule has 0 unspecified atom stereocenters.